The molecule has 1 atom stereocenters. The van der Waals surface area contributed by atoms with Gasteiger partial charge in [-0.1, -0.05) is 0 Å². The average molecular weight is 262 g/mol. The van der Waals surface area contributed by atoms with Crippen molar-refractivity contribution in [3.8, 4) is 5.75 Å². The number of hydrogen-bond donors (Lipinski definition) is 2. The second kappa shape index (κ2) is 6.06. The van der Waals surface area contributed by atoms with Crippen molar-refractivity contribution in [3.05, 3.63) is 23.3 Å². The number of benzene rings is 1. The maximum atomic E-state index is 12.0. The Kier molecular flexibility index (Phi) is 4.43. The van der Waals surface area contributed by atoms with E-state index in [2.05, 4.69) is 10.6 Å². The van der Waals surface area contributed by atoms with Crippen molar-refractivity contribution >= 4 is 11.6 Å². The lowest BCUT2D eigenvalue weighted by molar-refractivity contribution is -0.116. The van der Waals surface area contributed by atoms with Crippen molar-refractivity contribution in [3.63, 3.8) is 0 Å². The molecule has 4 heteroatoms. The van der Waals surface area contributed by atoms with E-state index >= 15 is 0 Å². The van der Waals surface area contributed by atoms with Crippen LogP contribution in [0.1, 0.15) is 24.0 Å². The molecule has 2 rings (SSSR count). The molecular formula is C15H22N2O2. The zero-order valence-electron chi connectivity index (χ0n) is 11.9. The van der Waals surface area contributed by atoms with Gasteiger partial charge in [-0.2, -0.15) is 0 Å². The van der Waals surface area contributed by atoms with Gasteiger partial charge in [-0.05, 0) is 62.5 Å². The van der Waals surface area contributed by atoms with E-state index in [-0.39, 0.29) is 5.91 Å². The molecule has 1 unspecified atom stereocenters. The maximum absolute atomic E-state index is 12.0. The number of ether oxygens (including phenoxy) is 1. The second-order valence-corrected chi connectivity index (χ2v) is 5.25. The van der Waals surface area contributed by atoms with Crippen molar-refractivity contribution < 1.29 is 9.53 Å². The van der Waals surface area contributed by atoms with Crippen molar-refractivity contribution in [2.24, 2.45) is 5.92 Å². The number of anilines is 1. The summed E-state index contributed by atoms with van der Waals surface area (Å²) in [5.74, 6) is 1.43. The smallest absolute Gasteiger partial charge is 0.224 e. The first-order valence-electron chi connectivity index (χ1n) is 6.76. The van der Waals surface area contributed by atoms with Crippen LogP contribution >= 0.6 is 0 Å². The summed E-state index contributed by atoms with van der Waals surface area (Å²) in [6, 6.07) is 3.93. The molecule has 104 valence electrons. The van der Waals surface area contributed by atoms with Gasteiger partial charge in [-0.3, -0.25) is 4.79 Å². The molecule has 1 saturated heterocycles. The first-order valence-corrected chi connectivity index (χ1v) is 6.76. The molecule has 0 aromatic heterocycles. The van der Waals surface area contributed by atoms with E-state index in [1.807, 2.05) is 26.0 Å². The Morgan fingerprint density at radius 1 is 1.42 bits per heavy atom. The van der Waals surface area contributed by atoms with Gasteiger partial charge < -0.3 is 15.4 Å². The molecule has 1 fully saturated rings. The fourth-order valence-corrected chi connectivity index (χ4v) is 2.50. The molecule has 1 amide bonds. The number of carbonyl (C=O) groups is 1. The Hall–Kier alpha value is -1.55. The summed E-state index contributed by atoms with van der Waals surface area (Å²) in [5, 5.41) is 6.29. The number of nitrogens with one attached hydrogen (secondary N) is 2. The Balaban J connectivity index is 2.01. The van der Waals surface area contributed by atoms with Gasteiger partial charge >= 0.3 is 0 Å². The van der Waals surface area contributed by atoms with Crippen LogP contribution in [0.2, 0.25) is 0 Å². The third kappa shape index (κ3) is 3.47. The van der Waals surface area contributed by atoms with Gasteiger partial charge in [0.25, 0.3) is 0 Å². The van der Waals surface area contributed by atoms with Crippen LogP contribution in [-0.4, -0.2) is 26.1 Å². The molecule has 4 nitrogen and oxygen atoms in total. The lowest BCUT2D eigenvalue weighted by Gasteiger charge is -2.14. The normalized spacial score (nSPS) is 18.4. The fourth-order valence-electron chi connectivity index (χ4n) is 2.50. The van der Waals surface area contributed by atoms with Gasteiger partial charge in [0.2, 0.25) is 5.91 Å². The zero-order chi connectivity index (χ0) is 13.8. The molecule has 1 heterocycles. The quantitative estimate of drug-likeness (QED) is 0.875. The molecular weight excluding hydrogens is 240 g/mol. The van der Waals surface area contributed by atoms with E-state index in [9.17, 15) is 4.79 Å². The summed E-state index contributed by atoms with van der Waals surface area (Å²) >= 11 is 0. The fraction of sp³-hybridized carbons (Fsp3) is 0.533. The van der Waals surface area contributed by atoms with Crippen LogP contribution in [0.15, 0.2) is 12.1 Å². The van der Waals surface area contributed by atoms with E-state index in [0.717, 1.165) is 42.1 Å². The van der Waals surface area contributed by atoms with Crippen LogP contribution in [0.5, 0.6) is 5.75 Å². The van der Waals surface area contributed by atoms with Gasteiger partial charge in [-0.15, -0.1) is 0 Å². The summed E-state index contributed by atoms with van der Waals surface area (Å²) in [4.78, 5) is 12.0. The monoisotopic (exact) mass is 262 g/mol. The largest absolute Gasteiger partial charge is 0.496 e. The highest BCUT2D eigenvalue weighted by molar-refractivity contribution is 5.92. The number of amides is 1. The summed E-state index contributed by atoms with van der Waals surface area (Å²) in [6.45, 7) is 5.94. The summed E-state index contributed by atoms with van der Waals surface area (Å²) < 4.78 is 5.27. The van der Waals surface area contributed by atoms with Crippen LogP contribution in [0.3, 0.4) is 0 Å². The third-order valence-electron chi connectivity index (χ3n) is 3.65. The minimum absolute atomic E-state index is 0.0985. The number of aryl methyl sites for hydroxylation is 2. The average Bonchev–Trinajstić information content (AvgIpc) is 2.86. The minimum atomic E-state index is 0.0985. The molecule has 1 aliphatic heterocycles. The van der Waals surface area contributed by atoms with Gasteiger partial charge in [-0.25, -0.2) is 0 Å². The zero-order valence-corrected chi connectivity index (χ0v) is 11.9. The van der Waals surface area contributed by atoms with Gasteiger partial charge in [0, 0.05) is 12.1 Å². The number of methoxy groups -OCH3 is 1. The SMILES string of the molecule is COc1cc(C)c(NC(=O)CC2CCNC2)cc1C. The minimum Gasteiger partial charge on any atom is -0.496 e. The number of hydrogen-bond acceptors (Lipinski definition) is 3. The van der Waals surface area contributed by atoms with Gasteiger partial charge in [0.15, 0.2) is 0 Å². The van der Waals surface area contributed by atoms with E-state index < -0.39 is 0 Å². The maximum Gasteiger partial charge on any atom is 0.224 e. The first-order chi connectivity index (χ1) is 9.10. The van der Waals surface area contributed by atoms with E-state index in [1.165, 1.54) is 0 Å². The van der Waals surface area contributed by atoms with Crippen LogP contribution in [-0.2, 0) is 4.79 Å². The summed E-state index contributed by atoms with van der Waals surface area (Å²) in [5.41, 5.74) is 2.94. The molecule has 0 saturated carbocycles. The van der Waals surface area contributed by atoms with Crippen LogP contribution < -0.4 is 15.4 Å². The molecule has 0 bridgehead atoms. The van der Waals surface area contributed by atoms with Crippen LogP contribution in [0.4, 0.5) is 5.69 Å². The predicted octanol–water partition coefficient (Wildman–Crippen LogP) is 2.25. The second-order valence-electron chi connectivity index (χ2n) is 5.25. The van der Waals surface area contributed by atoms with Gasteiger partial charge in [0.1, 0.15) is 5.75 Å². The van der Waals surface area contributed by atoms with E-state index in [1.54, 1.807) is 7.11 Å². The molecule has 1 aromatic rings. The molecule has 1 aromatic carbocycles. The number of carbonyl (C=O) groups excluding carboxylic acids is 1. The molecule has 19 heavy (non-hydrogen) atoms. The first kappa shape index (κ1) is 13.9. The highest BCUT2D eigenvalue weighted by Gasteiger charge is 2.18. The predicted molar refractivity (Wildman–Crippen MR) is 76.7 cm³/mol. The number of rotatable bonds is 4. The van der Waals surface area contributed by atoms with Crippen molar-refractivity contribution in [2.45, 2.75) is 26.7 Å². The summed E-state index contributed by atoms with van der Waals surface area (Å²) in [7, 11) is 1.66. The molecule has 0 aliphatic carbocycles. The molecule has 0 spiro atoms. The lowest BCUT2D eigenvalue weighted by atomic mass is 10.0. The Bertz CT molecular complexity index is 465. The van der Waals surface area contributed by atoms with E-state index in [4.69, 9.17) is 4.74 Å². The van der Waals surface area contributed by atoms with Crippen molar-refractivity contribution in [1.29, 1.82) is 0 Å². The summed E-state index contributed by atoms with van der Waals surface area (Å²) in [6.07, 6.45) is 1.69. The van der Waals surface area contributed by atoms with Crippen molar-refractivity contribution in [2.75, 3.05) is 25.5 Å². The molecule has 1 aliphatic rings. The van der Waals surface area contributed by atoms with Gasteiger partial charge in [0.05, 0.1) is 7.11 Å². The highest BCUT2D eigenvalue weighted by Crippen LogP contribution is 2.26. The molecule has 0 radical (unpaired) electrons. The third-order valence-corrected chi connectivity index (χ3v) is 3.65. The standard InChI is InChI=1S/C15H22N2O2/c1-10-7-14(19-3)11(2)6-13(10)17-15(18)8-12-4-5-16-9-12/h6-7,12,16H,4-5,8-9H2,1-3H3,(H,17,18). The van der Waals surface area contributed by atoms with Crippen LogP contribution in [0, 0.1) is 19.8 Å². The van der Waals surface area contributed by atoms with Crippen LogP contribution in [0.25, 0.3) is 0 Å². The lowest BCUT2D eigenvalue weighted by Crippen LogP contribution is -2.18. The Morgan fingerprint density at radius 3 is 2.84 bits per heavy atom. The Morgan fingerprint density at radius 2 is 2.21 bits per heavy atom. The molecule has 2 N–H and O–H groups in total. The van der Waals surface area contributed by atoms with Crippen molar-refractivity contribution in [1.82, 2.24) is 5.32 Å². The Labute approximate surface area is 114 Å². The topological polar surface area (TPSA) is 50.4 Å². The van der Waals surface area contributed by atoms with E-state index in [0.29, 0.717) is 12.3 Å². The highest BCUT2D eigenvalue weighted by atomic mass is 16.5.